The Balaban J connectivity index is 3.93. The van der Waals surface area contributed by atoms with Crippen LogP contribution >= 0.6 is 8.53 Å². The van der Waals surface area contributed by atoms with Crippen molar-refractivity contribution in [3.05, 3.63) is 0 Å². The number of esters is 2. The summed E-state index contributed by atoms with van der Waals surface area (Å²) in [5, 5.41) is 0. The lowest BCUT2D eigenvalue weighted by molar-refractivity contribution is -0.142. The monoisotopic (exact) mass is 365 g/mol. The second-order valence-corrected chi connectivity index (χ2v) is 6.70. The first-order chi connectivity index (χ1) is 11.5. The van der Waals surface area contributed by atoms with Gasteiger partial charge in [-0.1, -0.05) is 13.8 Å². The van der Waals surface area contributed by atoms with Crippen molar-refractivity contribution >= 4 is 20.5 Å². The number of nitrogens with zero attached hydrogens (tertiary/aromatic N) is 1. The van der Waals surface area contributed by atoms with Crippen LogP contribution in [0.1, 0.15) is 53.4 Å². The van der Waals surface area contributed by atoms with E-state index in [1.807, 2.05) is 0 Å². The molecule has 0 rings (SSSR count). The largest absolute Gasteiger partial charge is 0.466 e. The van der Waals surface area contributed by atoms with Crippen LogP contribution in [0.2, 0.25) is 0 Å². The maximum atomic E-state index is 10.7. The fraction of sp³-hybridized carbons (Fsp3) is 0.875. The maximum absolute atomic E-state index is 10.7. The predicted molar refractivity (Wildman–Crippen MR) is 93.5 cm³/mol. The van der Waals surface area contributed by atoms with Crippen molar-refractivity contribution in [3.8, 4) is 0 Å². The van der Waals surface area contributed by atoms with Gasteiger partial charge in [0, 0.05) is 26.9 Å². The van der Waals surface area contributed by atoms with Gasteiger partial charge in [-0.3, -0.25) is 9.59 Å². The van der Waals surface area contributed by atoms with E-state index in [0.717, 1.165) is 38.8 Å². The summed E-state index contributed by atoms with van der Waals surface area (Å²) in [5.41, 5.74) is 0. The van der Waals surface area contributed by atoms with E-state index in [2.05, 4.69) is 18.5 Å². The Morgan fingerprint density at radius 1 is 0.750 bits per heavy atom. The Hall–Kier alpha value is -0.750. The van der Waals surface area contributed by atoms with Crippen molar-refractivity contribution in [2.45, 2.75) is 53.4 Å². The summed E-state index contributed by atoms with van der Waals surface area (Å²) in [5.74, 6) is -0.503. The molecular weight excluding hydrogens is 333 g/mol. The molecular formula is C16H32NO6P. The van der Waals surface area contributed by atoms with Gasteiger partial charge in [-0.15, -0.1) is 0 Å². The normalized spacial score (nSPS) is 11.1. The van der Waals surface area contributed by atoms with Crippen molar-refractivity contribution in [2.75, 3.05) is 39.5 Å². The minimum absolute atomic E-state index is 0.251. The molecule has 0 saturated carbocycles. The molecule has 0 spiro atoms. The molecule has 0 fully saturated rings. The van der Waals surface area contributed by atoms with Crippen LogP contribution in [-0.4, -0.2) is 56.1 Å². The van der Waals surface area contributed by atoms with Gasteiger partial charge in [-0.2, -0.15) is 0 Å². The lowest BCUT2D eigenvalue weighted by atomic mass is 10.3. The second-order valence-electron chi connectivity index (χ2n) is 5.14. The molecule has 0 saturated heterocycles. The van der Waals surface area contributed by atoms with Gasteiger partial charge in [0.1, 0.15) is 0 Å². The molecule has 0 bridgehead atoms. The smallest absolute Gasteiger partial charge is 0.302 e. The highest BCUT2D eigenvalue weighted by Gasteiger charge is 2.18. The number of hydrogen-bond donors (Lipinski definition) is 0. The molecule has 7 nitrogen and oxygen atoms in total. The highest BCUT2D eigenvalue weighted by molar-refractivity contribution is 7.44. The van der Waals surface area contributed by atoms with Gasteiger partial charge in [0.2, 0.25) is 0 Å². The van der Waals surface area contributed by atoms with Crippen LogP contribution in [0.15, 0.2) is 0 Å². The molecule has 0 unspecified atom stereocenters. The van der Waals surface area contributed by atoms with Crippen LogP contribution in [0.4, 0.5) is 0 Å². The summed E-state index contributed by atoms with van der Waals surface area (Å²) in [6.07, 6.45) is 3.21. The minimum Gasteiger partial charge on any atom is -0.466 e. The maximum Gasteiger partial charge on any atom is 0.302 e. The molecule has 0 N–H and O–H groups in total. The lowest BCUT2D eigenvalue weighted by Crippen LogP contribution is -2.20. The van der Waals surface area contributed by atoms with Gasteiger partial charge in [-0.25, -0.2) is 4.67 Å². The van der Waals surface area contributed by atoms with Crippen LogP contribution in [0.3, 0.4) is 0 Å². The van der Waals surface area contributed by atoms with E-state index >= 15 is 0 Å². The van der Waals surface area contributed by atoms with E-state index in [4.69, 9.17) is 18.5 Å². The molecule has 0 aromatic heterocycles. The molecule has 0 aliphatic carbocycles. The average Bonchev–Trinajstić information content (AvgIpc) is 2.53. The first kappa shape index (κ1) is 23.2. The Bertz CT molecular complexity index is 313. The van der Waals surface area contributed by atoms with E-state index < -0.39 is 8.53 Å². The number of hydrogen-bond acceptors (Lipinski definition) is 7. The fourth-order valence-electron chi connectivity index (χ4n) is 1.78. The second kappa shape index (κ2) is 15.8. The third-order valence-corrected chi connectivity index (χ3v) is 4.89. The van der Waals surface area contributed by atoms with Gasteiger partial charge in [-0.05, 0) is 25.7 Å². The molecule has 0 atom stereocenters. The molecule has 0 heterocycles. The van der Waals surface area contributed by atoms with Gasteiger partial charge < -0.3 is 18.5 Å². The van der Waals surface area contributed by atoms with Crippen LogP contribution < -0.4 is 0 Å². The van der Waals surface area contributed by atoms with E-state index in [9.17, 15) is 9.59 Å². The Labute approximate surface area is 146 Å². The molecule has 0 amide bonds. The van der Waals surface area contributed by atoms with Crippen molar-refractivity contribution in [1.29, 1.82) is 0 Å². The summed E-state index contributed by atoms with van der Waals surface area (Å²) in [6.45, 7) is 10.7. The standard InChI is InChI=1S/C16H32NO6P/c1-5-17(6-2)24(22-13-9-7-11-20-15(3)18)23-14-10-8-12-21-16(4)19/h5-14H2,1-4H3. The highest BCUT2D eigenvalue weighted by Crippen LogP contribution is 2.42. The molecule has 0 aliphatic rings. The summed E-state index contributed by atoms with van der Waals surface area (Å²) in [6, 6.07) is 0. The molecule has 0 radical (unpaired) electrons. The lowest BCUT2D eigenvalue weighted by Gasteiger charge is -2.27. The van der Waals surface area contributed by atoms with E-state index in [-0.39, 0.29) is 11.9 Å². The minimum atomic E-state index is -1.07. The highest BCUT2D eigenvalue weighted by atomic mass is 31.2. The average molecular weight is 365 g/mol. The molecule has 24 heavy (non-hydrogen) atoms. The molecule has 0 aromatic rings. The van der Waals surface area contributed by atoms with Gasteiger partial charge >= 0.3 is 11.9 Å². The predicted octanol–water partition coefficient (Wildman–Crippen LogP) is 3.27. The Morgan fingerprint density at radius 3 is 1.46 bits per heavy atom. The van der Waals surface area contributed by atoms with Crippen LogP contribution in [-0.2, 0) is 28.1 Å². The van der Waals surface area contributed by atoms with Crippen LogP contribution in [0.5, 0.6) is 0 Å². The van der Waals surface area contributed by atoms with Gasteiger partial charge in [0.05, 0.1) is 26.4 Å². The molecule has 0 aliphatic heterocycles. The quantitative estimate of drug-likeness (QED) is 0.250. The van der Waals surface area contributed by atoms with Crippen molar-refractivity contribution in [2.24, 2.45) is 0 Å². The Morgan fingerprint density at radius 2 is 1.12 bits per heavy atom. The number of ether oxygens (including phenoxy) is 2. The number of carbonyl (C=O) groups is 2. The van der Waals surface area contributed by atoms with Gasteiger partial charge in [0.25, 0.3) is 8.53 Å². The Kier molecular flexibility index (Phi) is 15.3. The summed E-state index contributed by atoms with van der Waals surface area (Å²) in [7, 11) is -1.07. The van der Waals surface area contributed by atoms with E-state index in [0.29, 0.717) is 26.4 Å². The van der Waals surface area contributed by atoms with Crippen molar-refractivity contribution in [1.82, 2.24) is 4.67 Å². The van der Waals surface area contributed by atoms with Gasteiger partial charge in [0.15, 0.2) is 0 Å². The molecule has 142 valence electrons. The fourth-order valence-corrected chi connectivity index (χ4v) is 3.21. The van der Waals surface area contributed by atoms with E-state index in [1.165, 1.54) is 13.8 Å². The number of carbonyl (C=O) groups excluding carboxylic acids is 2. The van der Waals surface area contributed by atoms with Crippen LogP contribution in [0.25, 0.3) is 0 Å². The summed E-state index contributed by atoms with van der Waals surface area (Å²) < 4.78 is 23.7. The van der Waals surface area contributed by atoms with Crippen molar-refractivity contribution in [3.63, 3.8) is 0 Å². The summed E-state index contributed by atoms with van der Waals surface area (Å²) in [4.78, 5) is 21.4. The topological polar surface area (TPSA) is 74.3 Å². The molecule has 8 heteroatoms. The SMILES string of the molecule is CCN(CC)P(OCCCCOC(C)=O)OCCCCOC(C)=O. The zero-order chi connectivity index (χ0) is 18.2. The van der Waals surface area contributed by atoms with Crippen LogP contribution in [0, 0.1) is 0 Å². The number of unbranched alkanes of at least 4 members (excludes halogenated alkanes) is 2. The number of rotatable bonds is 15. The zero-order valence-corrected chi connectivity index (χ0v) is 16.3. The third-order valence-electron chi connectivity index (χ3n) is 3.05. The first-order valence-electron chi connectivity index (χ1n) is 8.58. The molecule has 0 aromatic carbocycles. The van der Waals surface area contributed by atoms with Crippen molar-refractivity contribution < 1.29 is 28.1 Å². The zero-order valence-electron chi connectivity index (χ0n) is 15.4. The van der Waals surface area contributed by atoms with E-state index in [1.54, 1.807) is 0 Å². The third kappa shape index (κ3) is 13.7. The first-order valence-corrected chi connectivity index (χ1v) is 9.71. The summed E-state index contributed by atoms with van der Waals surface area (Å²) >= 11 is 0.